The molecule has 83 heavy (non-hydrogen) atoms. The summed E-state index contributed by atoms with van der Waals surface area (Å²) in [5.74, 6) is 1.11. The molecule has 1 fully saturated rings. The Morgan fingerprint density at radius 2 is 1.02 bits per heavy atom. The third-order valence-corrected chi connectivity index (χ3v) is 12.5. The molecule has 1 saturated heterocycles. The number of halogens is 2. The van der Waals surface area contributed by atoms with Gasteiger partial charge in [0.2, 0.25) is 12.2 Å². The molecule has 3 aromatic rings. The van der Waals surface area contributed by atoms with Gasteiger partial charge in [-0.15, -0.1) is 0 Å². The van der Waals surface area contributed by atoms with Crippen LogP contribution in [0.2, 0.25) is 0 Å². The van der Waals surface area contributed by atoms with E-state index in [0.29, 0.717) is 30.8 Å². The number of nitrogens with zero attached hydrogens (tertiary/aromatic N) is 4. The van der Waals surface area contributed by atoms with Crippen LogP contribution in [0.1, 0.15) is 167 Å². The number of aliphatic hydroxyl groups is 7. The molecule has 5 rings (SSSR count). The van der Waals surface area contributed by atoms with Crippen LogP contribution in [0, 0.1) is 17.3 Å². The molecular formula is C63H92Cl2N4O14. The van der Waals surface area contributed by atoms with Crippen LogP contribution < -0.4 is 0 Å². The molecule has 0 atom stereocenters. The number of esters is 1. The van der Waals surface area contributed by atoms with Crippen molar-refractivity contribution in [3.8, 4) is 5.75 Å². The number of phenolic OH excluding ortho intramolecular Hbond substituents is 1. The first-order valence-corrected chi connectivity index (χ1v) is 28.9. The number of isocyanates is 2. The number of cyclic esters (lactones) is 1. The minimum atomic E-state index is -0.889. The summed E-state index contributed by atoms with van der Waals surface area (Å²) >= 11 is 8.80. The standard InChI is InChI=1S/C25H34N2O2.C15H10N2O2.C6H14O3.C6H10O2.C6H14O2.C4H10O2.CCl2O/c1-14(2)20-9-18(28)10-21(15(3)4)24(20)26-13-27-25-22(16(5)6)11-19(29)12-23(25)17(7)8;18-10-16-14-5-1-12(2-6-14)9-13-3-7-15(8-4-13)17-11-19;1-2-6(3-7,4-8)5-9;7-6-4-2-1-3-5-8-6;7-5-3-1-2-4-6-8;5-3-1-2-4-6;2-1(3)4/h9-17,28H,1-8H3;1-8H,9H2;7-9H,2-5H2,1H3;1-5H2;7-8H,1-6H2;5-6H,1-4H2;. The molecule has 18 nitrogen and oxygen atoms in total. The van der Waals surface area contributed by atoms with Gasteiger partial charge < -0.3 is 45.6 Å². The molecule has 2 aliphatic rings. The number of benzene rings is 3. The highest BCUT2D eigenvalue weighted by Gasteiger charge is 2.25. The van der Waals surface area contributed by atoms with Gasteiger partial charge in [0.1, 0.15) is 12.1 Å². The molecule has 1 aliphatic carbocycles. The van der Waals surface area contributed by atoms with E-state index in [9.17, 15) is 24.3 Å². The highest BCUT2D eigenvalue weighted by Crippen LogP contribution is 2.38. The van der Waals surface area contributed by atoms with Gasteiger partial charge >= 0.3 is 10.7 Å². The van der Waals surface area contributed by atoms with Crippen LogP contribution in [0.3, 0.4) is 0 Å². The molecule has 20 heteroatoms. The van der Waals surface area contributed by atoms with Gasteiger partial charge in [-0.25, -0.2) is 19.6 Å². The van der Waals surface area contributed by atoms with E-state index in [1.807, 2.05) is 31.2 Å². The number of unbranched alkanes of at least 4 members (excludes halogenated alkanes) is 4. The fraction of sp³-hybridized carbons (Fsp3) is 0.540. The van der Waals surface area contributed by atoms with Crippen LogP contribution in [0.4, 0.5) is 21.9 Å². The van der Waals surface area contributed by atoms with Crippen LogP contribution in [0.5, 0.6) is 5.75 Å². The van der Waals surface area contributed by atoms with Crippen molar-refractivity contribution in [2.45, 2.75) is 151 Å². The second-order valence-electron chi connectivity index (χ2n) is 20.4. The quantitative estimate of drug-likeness (QED) is 0.00883. The summed E-state index contributed by atoms with van der Waals surface area (Å²) in [6.45, 7) is 19.6. The van der Waals surface area contributed by atoms with Crippen molar-refractivity contribution in [2.75, 3.05) is 52.9 Å². The van der Waals surface area contributed by atoms with Gasteiger partial charge in [-0.1, -0.05) is 99.4 Å². The van der Waals surface area contributed by atoms with Gasteiger partial charge in [0.05, 0.1) is 49.2 Å². The lowest BCUT2D eigenvalue weighted by Crippen LogP contribution is -2.32. The predicted octanol–water partition coefficient (Wildman–Crippen LogP) is 12.0. The van der Waals surface area contributed by atoms with E-state index in [2.05, 4.69) is 88.6 Å². The molecule has 1 aliphatic heterocycles. The first kappa shape index (κ1) is 79.2. The summed E-state index contributed by atoms with van der Waals surface area (Å²) in [4.78, 5) is 68.3. The normalized spacial score (nSPS) is 12.7. The van der Waals surface area contributed by atoms with E-state index in [0.717, 1.165) is 109 Å². The molecule has 3 aromatic carbocycles. The van der Waals surface area contributed by atoms with Crippen molar-refractivity contribution >= 4 is 80.9 Å². The summed E-state index contributed by atoms with van der Waals surface area (Å²) in [6.07, 6.45) is 18.4. The van der Waals surface area contributed by atoms with E-state index < -0.39 is 10.1 Å². The maximum absolute atomic E-state index is 12.1. The number of ether oxygens (including phenoxy) is 1. The smallest absolute Gasteiger partial charge is 0.313 e. The summed E-state index contributed by atoms with van der Waals surface area (Å²) in [5.41, 5.74) is 8.35. The zero-order valence-electron chi connectivity index (χ0n) is 50.0. The van der Waals surface area contributed by atoms with Crippen molar-refractivity contribution in [3.63, 3.8) is 0 Å². The summed E-state index contributed by atoms with van der Waals surface area (Å²) in [7, 11) is 0. The Balaban J connectivity index is 0. The molecule has 0 radical (unpaired) electrons. The van der Waals surface area contributed by atoms with E-state index in [1.165, 1.54) is 12.2 Å². The topological polar surface area (TPSA) is 306 Å². The minimum Gasteiger partial charge on any atom is -0.508 e. The molecule has 0 amide bonds. The van der Waals surface area contributed by atoms with Crippen molar-refractivity contribution in [1.82, 2.24) is 0 Å². The highest BCUT2D eigenvalue weighted by molar-refractivity contribution is 6.93. The second-order valence-corrected chi connectivity index (χ2v) is 21.3. The number of phenols is 1. The predicted molar refractivity (Wildman–Crippen MR) is 331 cm³/mol. The van der Waals surface area contributed by atoms with Gasteiger partial charge in [0, 0.05) is 38.3 Å². The number of hydrogen-bond donors (Lipinski definition) is 8. The molecule has 0 saturated carbocycles. The number of aliphatic hydroxyl groups excluding tert-OH is 7. The SMILES string of the molecule is CC(C)C1=CC(=O)C=C(C(C)C)C1=NC=Nc1c(C(C)C)cc(O)cc1C(C)C.CCC(CO)(CO)CO.O=C(Cl)Cl.O=C1CCCCCO1.O=C=Nc1ccc(Cc2ccc(N=C=O)cc2)cc1.OCCCCCCO.OCCCCO. The van der Waals surface area contributed by atoms with Gasteiger partial charge in [-0.3, -0.25) is 14.4 Å². The highest BCUT2D eigenvalue weighted by atomic mass is 35.5. The maximum Gasteiger partial charge on any atom is 0.313 e. The Morgan fingerprint density at radius 1 is 0.627 bits per heavy atom. The Labute approximate surface area is 501 Å². The lowest BCUT2D eigenvalue weighted by Gasteiger charge is -2.24. The summed E-state index contributed by atoms with van der Waals surface area (Å²) in [6, 6.07) is 18.3. The zero-order chi connectivity index (χ0) is 63.2. The van der Waals surface area contributed by atoms with Crippen LogP contribution in [0.25, 0.3) is 0 Å². The monoisotopic (exact) mass is 1200 g/mol. The number of carbonyl (C=O) groups is 3. The van der Waals surface area contributed by atoms with Crippen molar-refractivity contribution < 1.29 is 69.6 Å². The van der Waals surface area contributed by atoms with Gasteiger partial charge in [0.15, 0.2) is 5.78 Å². The molecule has 1 heterocycles. The van der Waals surface area contributed by atoms with Gasteiger partial charge in [-0.05, 0) is 187 Å². The van der Waals surface area contributed by atoms with Crippen LogP contribution in [-0.2, 0) is 30.3 Å². The third kappa shape index (κ3) is 36.5. The molecule has 462 valence electrons. The fourth-order valence-corrected chi connectivity index (χ4v) is 7.33. The number of allylic oxidation sites excluding steroid dienone is 4. The second kappa shape index (κ2) is 48.5. The number of rotatable bonds is 22. The minimum absolute atomic E-state index is 0.0241. The lowest BCUT2D eigenvalue weighted by atomic mass is 9.83. The van der Waals surface area contributed by atoms with Crippen LogP contribution >= 0.6 is 23.2 Å². The first-order valence-electron chi connectivity index (χ1n) is 28.1. The average molecular weight is 1200 g/mol. The largest absolute Gasteiger partial charge is 0.508 e. The molecule has 0 unspecified atom stereocenters. The lowest BCUT2D eigenvalue weighted by molar-refractivity contribution is -0.142. The summed E-state index contributed by atoms with van der Waals surface area (Å²) in [5, 5.41) is 68.9. The fourth-order valence-electron chi connectivity index (χ4n) is 7.33. The van der Waals surface area contributed by atoms with Crippen molar-refractivity contribution in [3.05, 3.63) is 106 Å². The summed E-state index contributed by atoms with van der Waals surface area (Å²) < 4.78 is 3.88. The molecule has 0 aromatic heterocycles. The van der Waals surface area contributed by atoms with Crippen molar-refractivity contribution in [1.29, 1.82) is 0 Å². The Morgan fingerprint density at radius 3 is 1.35 bits per heavy atom. The number of aliphatic imine (C=N–C) groups is 4. The van der Waals surface area contributed by atoms with Crippen LogP contribution in [-0.4, -0.2) is 134 Å². The number of carbonyl (C=O) groups excluding carboxylic acids is 5. The number of ketones is 1. The molecule has 8 N–H and O–H groups in total. The molecule has 0 bridgehead atoms. The number of aromatic hydroxyl groups is 1. The van der Waals surface area contributed by atoms with E-state index >= 15 is 0 Å². The number of hydrogen-bond acceptors (Lipinski definition) is 17. The van der Waals surface area contributed by atoms with Gasteiger partial charge in [-0.2, -0.15) is 9.98 Å². The maximum atomic E-state index is 12.1. The van der Waals surface area contributed by atoms with Crippen molar-refractivity contribution in [2.24, 2.45) is 37.2 Å². The zero-order valence-corrected chi connectivity index (χ0v) is 51.5. The van der Waals surface area contributed by atoms with E-state index in [-0.39, 0.29) is 87.4 Å². The third-order valence-electron chi connectivity index (χ3n) is 12.5. The van der Waals surface area contributed by atoms with Crippen LogP contribution in [0.15, 0.2) is 104 Å². The first-order chi connectivity index (χ1) is 39.5. The molecule has 0 spiro atoms. The molecular weight excluding hydrogens is 1110 g/mol. The Kier molecular flexibility index (Phi) is 46.3. The van der Waals surface area contributed by atoms with E-state index in [4.69, 9.17) is 55.3 Å². The van der Waals surface area contributed by atoms with Gasteiger partial charge in [0.25, 0.3) is 0 Å². The van der Waals surface area contributed by atoms with E-state index in [1.54, 1.807) is 54.9 Å². The Bertz CT molecular complexity index is 2350. The average Bonchev–Trinajstić information content (AvgIpc) is 3.78. The Hall–Kier alpha value is -5.85.